The van der Waals surface area contributed by atoms with Crippen molar-refractivity contribution in [2.45, 2.75) is 12.6 Å². The van der Waals surface area contributed by atoms with Crippen molar-refractivity contribution >= 4 is 11.8 Å². The summed E-state index contributed by atoms with van der Waals surface area (Å²) in [5.74, 6) is -0.676. The Labute approximate surface area is 178 Å². The molecule has 0 atom stereocenters. The summed E-state index contributed by atoms with van der Waals surface area (Å²) in [4.78, 5) is 24.2. The molecule has 0 aliphatic carbocycles. The zero-order valence-corrected chi connectivity index (χ0v) is 16.6. The summed E-state index contributed by atoms with van der Waals surface area (Å²) in [7, 11) is 0. The lowest BCUT2D eigenvalue weighted by Crippen LogP contribution is -2.29. The Kier molecular flexibility index (Phi) is 7.07. The summed E-state index contributed by atoms with van der Waals surface area (Å²) in [5.41, 5.74) is 1.97. The van der Waals surface area contributed by atoms with Crippen LogP contribution >= 0.6 is 0 Å². The number of carbonyl (C=O) groups excluding carboxylic acids is 2. The maximum atomic E-state index is 12.6. The lowest BCUT2D eigenvalue weighted by Gasteiger charge is -2.09. The third-order valence-corrected chi connectivity index (χ3v) is 4.65. The number of carbonyl (C=O) groups is 2. The monoisotopic (exact) mass is 426 g/mol. The molecule has 0 radical (unpaired) electrons. The fraction of sp³-hybridized carbons (Fsp3) is 0.167. The maximum absolute atomic E-state index is 12.6. The van der Waals surface area contributed by atoms with Crippen molar-refractivity contribution in [3.8, 4) is 11.1 Å². The minimum Gasteiger partial charge on any atom is -0.352 e. The summed E-state index contributed by atoms with van der Waals surface area (Å²) >= 11 is 0. The molecule has 0 aliphatic rings. The molecule has 0 saturated heterocycles. The highest BCUT2D eigenvalue weighted by Crippen LogP contribution is 2.29. The standard InChI is InChI=1S/C24H21F3N2O2/c25-24(26,27)21-13-11-20(12-14-21)23(31)29-16-4-15-28-22(30)19-9-7-18(8-10-19)17-5-2-1-3-6-17/h1-3,5-14H,4,15-16H2,(H,28,30)(H,29,31). The van der Waals surface area contributed by atoms with Crippen molar-refractivity contribution in [2.75, 3.05) is 13.1 Å². The second-order valence-corrected chi connectivity index (χ2v) is 6.88. The van der Waals surface area contributed by atoms with Gasteiger partial charge in [0.1, 0.15) is 0 Å². The number of rotatable bonds is 7. The van der Waals surface area contributed by atoms with Crippen molar-refractivity contribution in [3.05, 3.63) is 95.6 Å². The van der Waals surface area contributed by atoms with Crippen LogP contribution in [0.1, 0.15) is 32.7 Å². The minimum atomic E-state index is -4.44. The van der Waals surface area contributed by atoms with E-state index in [1.807, 2.05) is 42.5 Å². The van der Waals surface area contributed by atoms with E-state index in [4.69, 9.17) is 0 Å². The van der Waals surface area contributed by atoms with Crippen molar-refractivity contribution in [3.63, 3.8) is 0 Å². The van der Waals surface area contributed by atoms with Gasteiger partial charge in [-0.2, -0.15) is 13.2 Å². The van der Waals surface area contributed by atoms with E-state index >= 15 is 0 Å². The van der Waals surface area contributed by atoms with Gasteiger partial charge in [0, 0.05) is 24.2 Å². The average Bonchev–Trinajstić information content (AvgIpc) is 2.79. The van der Waals surface area contributed by atoms with Gasteiger partial charge in [-0.3, -0.25) is 9.59 Å². The van der Waals surface area contributed by atoms with Crippen LogP contribution in [0, 0.1) is 0 Å². The van der Waals surface area contributed by atoms with Gasteiger partial charge < -0.3 is 10.6 Å². The molecule has 2 amide bonds. The van der Waals surface area contributed by atoms with Crippen LogP contribution in [0.15, 0.2) is 78.9 Å². The van der Waals surface area contributed by atoms with Crippen LogP contribution in [0.3, 0.4) is 0 Å². The summed E-state index contributed by atoms with van der Waals surface area (Å²) in [6.07, 6.45) is -3.95. The van der Waals surface area contributed by atoms with Crippen LogP contribution in [0.25, 0.3) is 11.1 Å². The molecular formula is C24H21F3N2O2. The highest BCUT2D eigenvalue weighted by molar-refractivity contribution is 5.95. The largest absolute Gasteiger partial charge is 0.416 e. The van der Waals surface area contributed by atoms with E-state index in [1.165, 1.54) is 0 Å². The van der Waals surface area contributed by atoms with Gasteiger partial charge in [0.25, 0.3) is 11.8 Å². The third kappa shape index (κ3) is 6.18. The second-order valence-electron chi connectivity index (χ2n) is 6.88. The number of hydrogen-bond donors (Lipinski definition) is 2. The molecule has 31 heavy (non-hydrogen) atoms. The van der Waals surface area contributed by atoms with Gasteiger partial charge in [-0.15, -0.1) is 0 Å². The van der Waals surface area contributed by atoms with Crippen molar-refractivity contribution in [1.82, 2.24) is 10.6 Å². The van der Waals surface area contributed by atoms with Crippen molar-refractivity contribution < 1.29 is 22.8 Å². The van der Waals surface area contributed by atoms with E-state index in [9.17, 15) is 22.8 Å². The predicted octanol–water partition coefficient (Wildman–Crippen LogP) is 4.92. The fourth-order valence-electron chi connectivity index (χ4n) is 2.95. The Bertz CT molecular complexity index is 1020. The van der Waals surface area contributed by atoms with E-state index in [0.717, 1.165) is 35.4 Å². The third-order valence-electron chi connectivity index (χ3n) is 4.65. The Morgan fingerprint density at radius 3 is 1.58 bits per heavy atom. The van der Waals surface area contributed by atoms with Crippen LogP contribution in [0.2, 0.25) is 0 Å². The normalized spacial score (nSPS) is 11.1. The van der Waals surface area contributed by atoms with Gasteiger partial charge >= 0.3 is 6.18 Å². The summed E-state index contributed by atoms with van der Waals surface area (Å²) in [6.45, 7) is 0.639. The molecule has 3 aromatic rings. The van der Waals surface area contributed by atoms with Crippen LogP contribution in [0.5, 0.6) is 0 Å². The summed E-state index contributed by atoms with van der Waals surface area (Å²) in [5, 5.41) is 5.41. The van der Waals surface area contributed by atoms with Crippen LogP contribution < -0.4 is 10.6 Å². The number of halogens is 3. The zero-order valence-electron chi connectivity index (χ0n) is 16.6. The maximum Gasteiger partial charge on any atom is 0.416 e. The van der Waals surface area contributed by atoms with Crippen molar-refractivity contribution in [2.24, 2.45) is 0 Å². The summed E-state index contributed by atoms with van der Waals surface area (Å²) in [6, 6.07) is 21.1. The molecule has 0 aliphatic heterocycles. The van der Waals surface area contributed by atoms with E-state index in [0.29, 0.717) is 18.5 Å². The molecule has 7 heteroatoms. The first-order valence-electron chi connectivity index (χ1n) is 9.74. The number of hydrogen-bond acceptors (Lipinski definition) is 2. The summed E-state index contributed by atoms with van der Waals surface area (Å²) < 4.78 is 37.7. The van der Waals surface area contributed by atoms with Gasteiger partial charge in [-0.05, 0) is 53.9 Å². The minimum absolute atomic E-state index is 0.149. The SMILES string of the molecule is O=C(NCCCNC(=O)c1ccc(C(F)(F)F)cc1)c1ccc(-c2ccccc2)cc1. The molecule has 2 N–H and O–H groups in total. The van der Waals surface area contributed by atoms with Crippen LogP contribution in [-0.4, -0.2) is 24.9 Å². The van der Waals surface area contributed by atoms with Gasteiger partial charge in [0.05, 0.1) is 5.56 Å². The molecule has 0 heterocycles. The first-order chi connectivity index (χ1) is 14.8. The molecule has 0 unspecified atom stereocenters. The van der Waals surface area contributed by atoms with E-state index in [1.54, 1.807) is 12.1 Å². The molecule has 0 saturated carbocycles. The molecular weight excluding hydrogens is 405 g/mol. The Morgan fingerprint density at radius 1 is 0.645 bits per heavy atom. The molecule has 160 valence electrons. The number of alkyl halides is 3. The lowest BCUT2D eigenvalue weighted by molar-refractivity contribution is -0.137. The molecule has 0 bridgehead atoms. The zero-order chi connectivity index (χ0) is 22.3. The lowest BCUT2D eigenvalue weighted by atomic mass is 10.0. The smallest absolute Gasteiger partial charge is 0.352 e. The van der Waals surface area contributed by atoms with Crippen molar-refractivity contribution in [1.29, 1.82) is 0 Å². The highest BCUT2D eigenvalue weighted by atomic mass is 19.4. The van der Waals surface area contributed by atoms with E-state index in [2.05, 4.69) is 10.6 Å². The average molecular weight is 426 g/mol. The van der Waals surface area contributed by atoms with Crippen LogP contribution in [-0.2, 0) is 6.18 Å². The second kappa shape index (κ2) is 9.93. The fourth-order valence-corrected chi connectivity index (χ4v) is 2.95. The van der Waals surface area contributed by atoms with Crippen LogP contribution in [0.4, 0.5) is 13.2 Å². The molecule has 3 rings (SSSR count). The molecule has 0 spiro atoms. The highest BCUT2D eigenvalue weighted by Gasteiger charge is 2.30. The van der Waals surface area contributed by atoms with Gasteiger partial charge in [-0.25, -0.2) is 0 Å². The molecule has 0 aromatic heterocycles. The Hall–Kier alpha value is -3.61. The molecule has 3 aromatic carbocycles. The molecule has 0 fully saturated rings. The first-order valence-corrected chi connectivity index (χ1v) is 9.74. The first kappa shape index (κ1) is 22.1. The molecule has 4 nitrogen and oxygen atoms in total. The predicted molar refractivity (Wildman–Crippen MR) is 113 cm³/mol. The van der Waals surface area contributed by atoms with E-state index in [-0.39, 0.29) is 18.0 Å². The number of amides is 2. The van der Waals surface area contributed by atoms with Gasteiger partial charge in [-0.1, -0.05) is 42.5 Å². The Morgan fingerprint density at radius 2 is 1.10 bits per heavy atom. The van der Waals surface area contributed by atoms with E-state index < -0.39 is 17.6 Å². The topological polar surface area (TPSA) is 58.2 Å². The number of benzene rings is 3. The quantitative estimate of drug-likeness (QED) is 0.527. The number of nitrogens with one attached hydrogen (secondary N) is 2. The Balaban J connectivity index is 1.40. The van der Waals surface area contributed by atoms with Gasteiger partial charge in [0.15, 0.2) is 0 Å². The van der Waals surface area contributed by atoms with Gasteiger partial charge in [0.2, 0.25) is 0 Å².